The third-order valence-electron chi connectivity index (χ3n) is 1.63. The Labute approximate surface area is 83.5 Å². The van der Waals surface area contributed by atoms with E-state index in [1.54, 1.807) is 13.8 Å². The number of carbonyl (C=O) groups excluding carboxylic acids is 2. The van der Waals surface area contributed by atoms with Crippen LogP contribution < -0.4 is 5.73 Å². The first-order valence-electron chi connectivity index (χ1n) is 4.70. The van der Waals surface area contributed by atoms with Crippen LogP contribution in [0.4, 0.5) is 0 Å². The Morgan fingerprint density at radius 1 is 1.21 bits per heavy atom. The maximum atomic E-state index is 11.3. The van der Waals surface area contributed by atoms with Crippen molar-refractivity contribution < 1.29 is 19.1 Å². The molecule has 1 atom stereocenters. The molecule has 0 spiro atoms. The van der Waals surface area contributed by atoms with Crippen LogP contribution in [0.5, 0.6) is 0 Å². The first-order valence-corrected chi connectivity index (χ1v) is 4.70. The van der Waals surface area contributed by atoms with E-state index in [-0.39, 0.29) is 19.8 Å². The lowest BCUT2D eigenvalue weighted by atomic mass is 10.1. The van der Waals surface area contributed by atoms with Crippen LogP contribution in [-0.2, 0) is 19.1 Å². The maximum Gasteiger partial charge on any atom is 0.320 e. The molecule has 14 heavy (non-hydrogen) atoms. The van der Waals surface area contributed by atoms with Crippen LogP contribution in [0.2, 0.25) is 0 Å². The molecule has 0 aliphatic rings. The monoisotopic (exact) mass is 203 g/mol. The van der Waals surface area contributed by atoms with Crippen LogP contribution in [0, 0.1) is 5.92 Å². The molecule has 0 fully saturated rings. The third-order valence-corrected chi connectivity index (χ3v) is 1.63. The van der Waals surface area contributed by atoms with E-state index >= 15 is 0 Å². The van der Waals surface area contributed by atoms with Gasteiger partial charge in [0.05, 0.1) is 6.61 Å². The number of esters is 2. The van der Waals surface area contributed by atoms with E-state index in [1.807, 2.05) is 0 Å². The molecule has 0 radical (unpaired) electrons. The normalized spacial score (nSPS) is 11.9. The van der Waals surface area contributed by atoms with Crippen LogP contribution in [-0.4, -0.2) is 31.7 Å². The summed E-state index contributed by atoms with van der Waals surface area (Å²) in [6, 6.07) is 0. The number of ether oxygens (including phenoxy) is 2. The van der Waals surface area contributed by atoms with Crippen molar-refractivity contribution in [3.8, 4) is 0 Å². The Balaban J connectivity index is 4.10. The van der Waals surface area contributed by atoms with E-state index in [1.165, 1.54) is 0 Å². The average Bonchev–Trinajstić information content (AvgIpc) is 2.16. The second-order valence-corrected chi connectivity index (χ2v) is 2.67. The van der Waals surface area contributed by atoms with Crippen molar-refractivity contribution >= 4 is 11.9 Å². The Bertz CT molecular complexity index is 193. The molecule has 0 aliphatic heterocycles. The first-order chi connectivity index (χ1) is 6.67. The van der Waals surface area contributed by atoms with E-state index in [4.69, 9.17) is 15.2 Å². The summed E-state index contributed by atoms with van der Waals surface area (Å²) in [6.45, 7) is 4.07. The highest BCUT2D eigenvalue weighted by atomic mass is 16.6. The fourth-order valence-corrected chi connectivity index (χ4v) is 0.933. The van der Waals surface area contributed by atoms with Crippen molar-refractivity contribution in [2.24, 2.45) is 11.7 Å². The summed E-state index contributed by atoms with van der Waals surface area (Å²) in [5, 5.41) is 0. The predicted molar refractivity (Wildman–Crippen MR) is 50.4 cm³/mol. The lowest BCUT2D eigenvalue weighted by Crippen LogP contribution is -2.28. The quantitative estimate of drug-likeness (QED) is 0.488. The van der Waals surface area contributed by atoms with E-state index < -0.39 is 17.9 Å². The Kier molecular flexibility index (Phi) is 6.74. The minimum absolute atomic E-state index is 0.134. The largest absolute Gasteiger partial charge is 0.465 e. The minimum atomic E-state index is -0.818. The van der Waals surface area contributed by atoms with Gasteiger partial charge in [0.2, 0.25) is 0 Å². The number of hydrogen-bond donors (Lipinski definition) is 1. The Morgan fingerprint density at radius 3 is 2.21 bits per heavy atom. The zero-order valence-electron chi connectivity index (χ0n) is 8.62. The van der Waals surface area contributed by atoms with Crippen molar-refractivity contribution in [2.45, 2.75) is 20.3 Å². The molecule has 0 heterocycles. The van der Waals surface area contributed by atoms with Crippen molar-refractivity contribution in [3.63, 3.8) is 0 Å². The second-order valence-electron chi connectivity index (χ2n) is 2.67. The van der Waals surface area contributed by atoms with Gasteiger partial charge in [-0.3, -0.25) is 9.59 Å². The fraction of sp³-hybridized carbons (Fsp3) is 0.778. The highest BCUT2D eigenvalue weighted by Gasteiger charge is 2.27. The molecule has 0 rings (SSSR count). The Hall–Kier alpha value is -1.10. The number of nitrogens with two attached hydrogens (primary N) is 1. The number of hydrogen-bond acceptors (Lipinski definition) is 5. The summed E-state index contributed by atoms with van der Waals surface area (Å²) < 4.78 is 9.47. The molecule has 2 N–H and O–H groups in total. The molecule has 0 bridgehead atoms. The summed E-state index contributed by atoms with van der Waals surface area (Å²) in [7, 11) is 0. The highest BCUT2D eigenvalue weighted by Crippen LogP contribution is 2.07. The molecule has 0 saturated carbocycles. The van der Waals surface area contributed by atoms with Crippen molar-refractivity contribution in [1.82, 2.24) is 0 Å². The standard InChI is InChI=1S/C9H17NO4/c1-3-7(8(11)13-4-2)9(12)14-6-5-10/h7H,3-6,10H2,1-2H3. The van der Waals surface area contributed by atoms with E-state index in [0.29, 0.717) is 6.42 Å². The van der Waals surface area contributed by atoms with Gasteiger partial charge in [-0.25, -0.2) is 0 Å². The fourth-order valence-electron chi connectivity index (χ4n) is 0.933. The van der Waals surface area contributed by atoms with Gasteiger partial charge in [0.1, 0.15) is 6.61 Å². The van der Waals surface area contributed by atoms with Crippen LogP contribution in [0.1, 0.15) is 20.3 Å². The number of rotatable bonds is 6. The molecule has 5 nitrogen and oxygen atoms in total. The van der Waals surface area contributed by atoms with Gasteiger partial charge in [-0.1, -0.05) is 6.92 Å². The van der Waals surface area contributed by atoms with Gasteiger partial charge in [0.15, 0.2) is 5.92 Å². The van der Waals surface area contributed by atoms with Crippen LogP contribution in [0.3, 0.4) is 0 Å². The van der Waals surface area contributed by atoms with Crippen LogP contribution in [0.25, 0.3) is 0 Å². The summed E-state index contributed by atoms with van der Waals surface area (Å²) in [5.41, 5.74) is 5.16. The lowest BCUT2D eigenvalue weighted by Gasteiger charge is -2.12. The second kappa shape index (κ2) is 7.32. The van der Waals surface area contributed by atoms with Gasteiger partial charge >= 0.3 is 11.9 Å². The van der Waals surface area contributed by atoms with E-state index in [0.717, 1.165) is 0 Å². The molecular formula is C9H17NO4. The van der Waals surface area contributed by atoms with Gasteiger partial charge in [0.25, 0.3) is 0 Å². The molecule has 0 saturated heterocycles. The van der Waals surface area contributed by atoms with Gasteiger partial charge in [-0.15, -0.1) is 0 Å². The summed E-state index contributed by atoms with van der Waals surface area (Å²) in [5.74, 6) is -1.91. The SMILES string of the molecule is CCOC(=O)C(CC)C(=O)OCCN. The van der Waals surface area contributed by atoms with Gasteiger partial charge in [-0.2, -0.15) is 0 Å². The average molecular weight is 203 g/mol. The van der Waals surface area contributed by atoms with Crippen LogP contribution >= 0.6 is 0 Å². The summed E-state index contributed by atoms with van der Waals surface area (Å²) in [6.07, 6.45) is 0.377. The molecule has 0 aromatic rings. The molecule has 0 aromatic heterocycles. The molecule has 82 valence electrons. The van der Waals surface area contributed by atoms with E-state index in [2.05, 4.69) is 0 Å². The third kappa shape index (κ3) is 4.23. The molecule has 0 aromatic carbocycles. The Morgan fingerprint density at radius 2 is 1.79 bits per heavy atom. The minimum Gasteiger partial charge on any atom is -0.465 e. The van der Waals surface area contributed by atoms with Gasteiger partial charge in [-0.05, 0) is 13.3 Å². The zero-order chi connectivity index (χ0) is 11.0. The first kappa shape index (κ1) is 12.9. The lowest BCUT2D eigenvalue weighted by molar-refractivity contribution is -0.161. The molecule has 0 aliphatic carbocycles. The molecule has 5 heteroatoms. The maximum absolute atomic E-state index is 11.3. The summed E-state index contributed by atoms with van der Waals surface area (Å²) in [4.78, 5) is 22.5. The summed E-state index contributed by atoms with van der Waals surface area (Å²) >= 11 is 0. The van der Waals surface area contributed by atoms with E-state index in [9.17, 15) is 9.59 Å². The topological polar surface area (TPSA) is 78.6 Å². The highest BCUT2D eigenvalue weighted by molar-refractivity contribution is 5.94. The van der Waals surface area contributed by atoms with Crippen molar-refractivity contribution in [3.05, 3.63) is 0 Å². The molecule has 0 amide bonds. The van der Waals surface area contributed by atoms with Gasteiger partial charge < -0.3 is 15.2 Å². The molecule has 1 unspecified atom stereocenters. The van der Waals surface area contributed by atoms with Crippen molar-refractivity contribution in [2.75, 3.05) is 19.8 Å². The number of carbonyl (C=O) groups is 2. The van der Waals surface area contributed by atoms with Crippen molar-refractivity contribution in [1.29, 1.82) is 0 Å². The zero-order valence-corrected chi connectivity index (χ0v) is 8.62. The van der Waals surface area contributed by atoms with Crippen LogP contribution in [0.15, 0.2) is 0 Å². The smallest absolute Gasteiger partial charge is 0.320 e. The predicted octanol–water partition coefficient (Wildman–Crippen LogP) is 0.0776. The molecular weight excluding hydrogens is 186 g/mol. The van der Waals surface area contributed by atoms with Gasteiger partial charge in [0, 0.05) is 6.54 Å².